The van der Waals surface area contributed by atoms with E-state index in [1.54, 1.807) is 0 Å². The molecule has 0 aromatic carbocycles. The third-order valence-electron chi connectivity index (χ3n) is 2.55. The summed E-state index contributed by atoms with van der Waals surface area (Å²) in [5.74, 6) is -1.16. The lowest BCUT2D eigenvalue weighted by Gasteiger charge is -2.08. The highest BCUT2D eigenvalue weighted by Gasteiger charge is 2.23. The number of nitrogens with one attached hydrogen (secondary N) is 1. The summed E-state index contributed by atoms with van der Waals surface area (Å²) in [4.78, 5) is 22.1. The molecule has 0 spiro atoms. The fourth-order valence-electron chi connectivity index (χ4n) is 1.71. The average Bonchev–Trinajstić information content (AvgIpc) is 2.95. The predicted octanol–water partition coefficient (Wildman–Crippen LogP) is -0.842. The van der Waals surface area contributed by atoms with E-state index in [2.05, 4.69) is 15.6 Å². The van der Waals surface area contributed by atoms with Crippen molar-refractivity contribution in [3.8, 4) is 0 Å². The van der Waals surface area contributed by atoms with Crippen LogP contribution in [-0.4, -0.2) is 44.7 Å². The van der Waals surface area contributed by atoms with Gasteiger partial charge in [-0.3, -0.25) is 9.59 Å². The Morgan fingerprint density at radius 3 is 3.11 bits per heavy atom. The molecule has 1 aromatic rings. The van der Waals surface area contributed by atoms with Gasteiger partial charge in [0.25, 0.3) is 0 Å². The largest absolute Gasteiger partial charge is 0.480 e. The summed E-state index contributed by atoms with van der Waals surface area (Å²) in [7, 11) is 0. The van der Waals surface area contributed by atoms with Crippen LogP contribution in [0, 0.1) is 0 Å². The fraction of sp³-hybridized carbons (Fsp3) is 0.600. The van der Waals surface area contributed by atoms with Crippen LogP contribution in [0.4, 0.5) is 0 Å². The molecule has 2 rings (SSSR count). The number of rotatable bonds is 5. The van der Waals surface area contributed by atoms with Gasteiger partial charge >= 0.3 is 5.97 Å². The van der Waals surface area contributed by atoms with Crippen molar-refractivity contribution >= 4 is 11.9 Å². The number of carbonyl (C=O) groups is 2. The van der Waals surface area contributed by atoms with E-state index in [9.17, 15) is 9.59 Å². The molecule has 1 aromatic heterocycles. The molecule has 1 fully saturated rings. The zero-order chi connectivity index (χ0) is 13.0. The number of nitrogens with zero attached hydrogens (tertiary/aromatic N) is 3. The number of hydrogen-bond donors (Lipinski definition) is 2. The van der Waals surface area contributed by atoms with Crippen molar-refractivity contribution in [1.29, 1.82) is 0 Å². The zero-order valence-electron chi connectivity index (χ0n) is 9.70. The molecular weight excluding hydrogens is 240 g/mol. The molecular formula is C10H14N4O4. The minimum Gasteiger partial charge on any atom is -0.480 e. The molecule has 1 aliphatic heterocycles. The Kier molecular flexibility index (Phi) is 3.88. The van der Waals surface area contributed by atoms with E-state index < -0.39 is 5.97 Å². The Labute approximate surface area is 103 Å². The van der Waals surface area contributed by atoms with Gasteiger partial charge in [-0.15, -0.1) is 5.10 Å². The first-order chi connectivity index (χ1) is 8.65. The van der Waals surface area contributed by atoms with Crippen molar-refractivity contribution in [3.63, 3.8) is 0 Å². The summed E-state index contributed by atoms with van der Waals surface area (Å²) in [6, 6.07) is 0. The molecule has 0 radical (unpaired) electrons. The predicted molar refractivity (Wildman–Crippen MR) is 58.5 cm³/mol. The number of carboxylic acid groups (broad SMARTS) is 1. The monoisotopic (exact) mass is 254 g/mol. The molecule has 0 saturated carbocycles. The van der Waals surface area contributed by atoms with Gasteiger partial charge in [-0.1, -0.05) is 5.21 Å². The summed E-state index contributed by atoms with van der Waals surface area (Å²) in [6.45, 7) is 0.595. The van der Waals surface area contributed by atoms with Gasteiger partial charge in [0, 0.05) is 6.61 Å². The second kappa shape index (κ2) is 5.58. The van der Waals surface area contributed by atoms with Crippen LogP contribution in [0.2, 0.25) is 0 Å². The maximum Gasteiger partial charge on any atom is 0.325 e. The van der Waals surface area contributed by atoms with Gasteiger partial charge in [-0.05, 0) is 12.8 Å². The van der Waals surface area contributed by atoms with Crippen LogP contribution in [-0.2, 0) is 27.4 Å². The van der Waals surface area contributed by atoms with Gasteiger partial charge in [-0.25, -0.2) is 4.68 Å². The maximum atomic E-state index is 11.6. The van der Waals surface area contributed by atoms with Crippen molar-refractivity contribution in [1.82, 2.24) is 20.3 Å². The van der Waals surface area contributed by atoms with E-state index in [0.717, 1.165) is 12.8 Å². The quantitative estimate of drug-likeness (QED) is 0.709. The van der Waals surface area contributed by atoms with Crippen LogP contribution < -0.4 is 5.32 Å². The van der Waals surface area contributed by atoms with Crippen LogP contribution in [0.25, 0.3) is 0 Å². The Morgan fingerprint density at radius 1 is 1.61 bits per heavy atom. The molecule has 2 N–H and O–H groups in total. The first-order valence-electron chi connectivity index (χ1n) is 5.65. The Bertz CT molecular complexity index is 439. The molecule has 1 saturated heterocycles. The lowest BCUT2D eigenvalue weighted by molar-refractivity contribution is -0.138. The molecule has 0 unspecified atom stereocenters. The van der Waals surface area contributed by atoms with Crippen LogP contribution in [0.3, 0.4) is 0 Å². The SMILES string of the molecule is O=C(O)Cn1cc(CNC(=O)[C@H]2CCCO2)nn1. The Hall–Kier alpha value is -1.96. The molecule has 8 nitrogen and oxygen atoms in total. The summed E-state index contributed by atoms with van der Waals surface area (Å²) < 4.78 is 6.43. The van der Waals surface area contributed by atoms with Crippen molar-refractivity contribution in [2.45, 2.75) is 32.0 Å². The molecule has 18 heavy (non-hydrogen) atoms. The van der Waals surface area contributed by atoms with E-state index in [0.29, 0.717) is 12.3 Å². The zero-order valence-corrected chi connectivity index (χ0v) is 9.70. The molecule has 2 heterocycles. The molecule has 0 aliphatic carbocycles. The number of carbonyl (C=O) groups excluding carboxylic acids is 1. The minimum absolute atomic E-state index is 0.166. The molecule has 1 aliphatic rings. The van der Waals surface area contributed by atoms with Gasteiger partial charge in [0.2, 0.25) is 5.91 Å². The van der Waals surface area contributed by atoms with E-state index in [1.807, 2.05) is 0 Å². The average molecular weight is 254 g/mol. The number of hydrogen-bond acceptors (Lipinski definition) is 5. The summed E-state index contributed by atoms with van der Waals surface area (Å²) >= 11 is 0. The van der Waals surface area contributed by atoms with Gasteiger partial charge < -0.3 is 15.2 Å². The second-order valence-corrected chi connectivity index (χ2v) is 4.02. The fourth-order valence-corrected chi connectivity index (χ4v) is 1.71. The van der Waals surface area contributed by atoms with Crippen LogP contribution >= 0.6 is 0 Å². The van der Waals surface area contributed by atoms with Crippen LogP contribution in [0.5, 0.6) is 0 Å². The lowest BCUT2D eigenvalue weighted by Crippen LogP contribution is -2.33. The van der Waals surface area contributed by atoms with E-state index in [-0.39, 0.29) is 25.1 Å². The lowest BCUT2D eigenvalue weighted by atomic mass is 10.2. The topological polar surface area (TPSA) is 106 Å². The molecule has 98 valence electrons. The second-order valence-electron chi connectivity index (χ2n) is 4.02. The van der Waals surface area contributed by atoms with Crippen LogP contribution in [0.1, 0.15) is 18.5 Å². The van der Waals surface area contributed by atoms with Crippen LogP contribution in [0.15, 0.2) is 6.20 Å². The standard InChI is InChI=1S/C10H14N4O4/c15-9(16)6-14-5-7(12-13-14)4-11-10(17)8-2-1-3-18-8/h5,8H,1-4,6H2,(H,11,17)(H,15,16)/t8-/m1/s1. The van der Waals surface area contributed by atoms with E-state index >= 15 is 0 Å². The van der Waals surface area contributed by atoms with Gasteiger partial charge in [0.15, 0.2) is 0 Å². The molecule has 0 bridgehead atoms. The van der Waals surface area contributed by atoms with E-state index in [4.69, 9.17) is 9.84 Å². The highest BCUT2D eigenvalue weighted by Crippen LogP contribution is 2.11. The molecule has 1 amide bonds. The number of aromatic nitrogens is 3. The summed E-state index contributed by atoms with van der Waals surface area (Å²) in [5, 5.41) is 18.6. The van der Waals surface area contributed by atoms with Crippen molar-refractivity contribution in [2.24, 2.45) is 0 Å². The first kappa shape index (κ1) is 12.5. The minimum atomic E-state index is -0.991. The Morgan fingerprint density at radius 2 is 2.44 bits per heavy atom. The smallest absolute Gasteiger partial charge is 0.325 e. The van der Waals surface area contributed by atoms with Crippen molar-refractivity contribution < 1.29 is 19.4 Å². The van der Waals surface area contributed by atoms with Crippen molar-refractivity contribution in [3.05, 3.63) is 11.9 Å². The number of aliphatic carboxylic acids is 1. The third-order valence-corrected chi connectivity index (χ3v) is 2.55. The number of carboxylic acids is 1. The van der Waals surface area contributed by atoms with E-state index in [1.165, 1.54) is 10.9 Å². The highest BCUT2D eigenvalue weighted by molar-refractivity contribution is 5.80. The first-order valence-corrected chi connectivity index (χ1v) is 5.65. The summed E-state index contributed by atoms with van der Waals surface area (Å²) in [5.41, 5.74) is 0.516. The highest BCUT2D eigenvalue weighted by atomic mass is 16.5. The van der Waals surface area contributed by atoms with Crippen molar-refractivity contribution in [2.75, 3.05) is 6.61 Å². The number of amides is 1. The van der Waals surface area contributed by atoms with Gasteiger partial charge in [-0.2, -0.15) is 0 Å². The molecule has 8 heteroatoms. The van der Waals surface area contributed by atoms with Gasteiger partial charge in [0.05, 0.1) is 12.7 Å². The Balaban J connectivity index is 1.80. The summed E-state index contributed by atoms with van der Waals surface area (Å²) in [6.07, 6.45) is 2.74. The molecule has 1 atom stereocenters. The third kappa shape index (κ3) is 3.27. The maximum absolute atomic E-state index is 11.6. The number of ether oxygens (including phenoxy) is 1. The normalized spacial score (nSPS) is 18.8. The van der Waals surface area contributed by atoms with Gasteiger partial charge in [0.1, 0.15) is 18.3 Å².